The first kappa shape index (κ1) is 17.9. The molecular weight excluding hydrogens is 358 g/mol. The van der Waals surface area contributed by atoms with E-state index in [1.165, 1.54) is 24.8 Å². The minimum absolute atomic E-state index is 0.137. The van der Waals surface area contributed by atoms with Crippen molar-refractivity contribution < 1.29 is 4.79 Å². The van der Waals surface area contributed by atoms with E-state index in [1.807, 2.05) is 0 Å². The Labute approximate surface area is 146 Å². The van der Waals surface area contributed by atoms with Gasteiger partial charge >= 0.3 is 0 Å². The number of hydrogen-bond acceptors (Lipinski definition) is 2. The number of anilines is 1. The van der Waals surface area contributed by atoms with Gasteiger partial charge in [-0.05, 0) is 53.8 Å². The molecule has 1 aliphatic rings. The molecule has 0 saturated carbocycles. The van der Waals surface area contributed by atoms with Crippen molar-refractivity contribution in [2.45, 2.75) is 39.0 Å². The summed E-state index contributed by atoms with van der Waals surface area (Å²) in [6, 6.07) is 4.31. The molecule has 1 aromatic carbocycles. The van der Waals surface area contributed by atoms with E-state index in [4.69, 9.17) is 0 Å². The Morgan fingerprint density at radius 3 is 2.41 bits per heavy atom. The Morgan fingerprint density at radius 1 is 1.23 bits per heavy atom. The van der Waals surface area contributed by atoms with Crippen LogP contribution in [-0.4, -0.2) is 37.1 Å². The van der Waals surface area contributed by atoms with Crippen LogP contribution in [-0.2, 0) is 10.9 Å². The number of rotatable bonds is 5. The van der Waals surface area contributed by atoms with Gasteiger partial charge in [-0.1, -0.05) is 29.8 Å². The van der Waals surface area contributed by atoms with Crippen LogP contribution in [0.5, 0.6) is 0 Å². The van der Waals surface area contributed by atoms with Crippen molar-refractivity contribution in [2.24, 2.45) is 0 Å². The van der Waals surface area contributed by atoms with Crippen molar-refractivity contribution in [1.82, 2.24) is 0 Å². The van der Waals surface area contributed by atoms with Crippen molar-refractivity contribution in [3.8, 4) is 0 Å². The Balaban J connectivity index is 2.45. The molecule has 0 bridgehead atoms. The maximum absolute atomic E-state index is 12.7. The molecule has 2 rings (SSSR count). The van der Waals surface area contributed by atoms with E-state index in [9.17, 15) is 4.79 Å². The molecule has 0 amide bonds. The number of benzene rings is 1. The second-order valence-corrected chi connectivity index (χ2v) is 9.76. The van der Waals surface area contributed by atoms with Gasteiger partial charge in [-0.2, -0.15) is 0 Å². The SMILES string of the molecule is CC(C)c1cc(N2CCCCC2)c(C(=O)C[S+](C)C)cc1Br. The molecule has 0 radical (unpaired) electrons. The van der Waals surface area contributed by atoms with Crippen LogP contribution in [0.15, 0.2) is 16.6 Å². The number of Topliss-reactive ketones (excluding diaryl/α,β-unsaturated/α-hetero) is 1. The predicted octanol–water partition coefficient (Wildman–Crippen LogP) is 4.62. The van der Waals surface area contributed by atoms with Crippen LogP contribution in [0.25, 0.3) is 0 Å². The first-order valence-electron chi connectivity index (χ1n) is 8.06. The lowest BCUT2D eigenvalue weighted by Crippen LogP contribution is -2.31. The Kier molecular flexibility index (Phi) is 6.39. The topological polar surface area (TPSA) is 20.3 Å². The second kappa shape index (κ2) is 7.87. The number of nitrogens with zero attached hydrogens (tertiary/aromatic N) is 1. The number of hydrogen-bond donors (Lipinski definition) is 0. The lowest BCUT2D eigenvalue weighted by Gasteiger charge is -2.31. The smallest absolute Gasteiger partial charge is 0.213 e. The maximum atomic E-state index is 12.7. The molecule has 22 heavy (non-hydrogen) atoms. The minimum Gasteiger partial charge on any atom is -0.371 e. The number of ketones is 1. The molecule has 2 nitrogen and oxygen atoms in total. The van der Waals surface area contributed by atoms with Crippen LogP contribution < -0.4 is 4.90 Å². The number of piperidine rings is 1. The average Bonchev–Trinajstić information content (AvgIpc) is 2.46. The Hall–Kier alpha value is -0.480. The molecule has 0 atom stereocenters. The quantitative estimate of drug-likeness (QED) is 0.544. The van der Waals surface area contributed by atoms with Gasteiger partial charge in [0.2, 0.25) is 5.78 Å². The van der Waals surface area contributed by atoms with E-state index in [2.05, 4.69) is 59.3 Å². The van der Waals surface area contributed by atoms with Gasteiger partial charge in [0.15, 0.2) is 5.75 Å². The summed E-state index contributed by atoms with van der Waals surface area (Å²) in [5, 5.41) is 0. The molecule has 0 aromatic heterocycles. The monoisotopic (exact) mass is 384 g/mol. The molecule has 1 fully saturated rings. The third kappa shape index (κ3) is 4.29. The summed E-state index contributed by atoms with van der Waals surface area (Å²) in [4.78, 5) is 15.1. The van der Waals surface area contributed by atoms with Gasteiger partial charge in [-0.25, -0.2) is 0 Å². The molecular formula is C18H27BrNOS+. The largest absolute Gasteiger partial charge is 0.371 e. The van der Waals surface area contributed by atoms with E-state index in [0.29, 0.717) is 11.7 Å². The van der Waals surface area contributed by atoms with Gasteiger partial charge in [0.05, 0.1) is 12.5 Å². The first-order valence-corrected chi connectivity index (χ1v) is 11.1. The van der Waals surface area contributed by atoms with Gasteiger partial charge in [0.1, 0.15) is 0 Å². The van der Waals surface area contributed by atoms with E-state index in [1.54, 1.807) is 0 Å². The van der Waals surface area contributed by atoms with E-state index >= 15 is 0 Å². The van der Waals surface area contributed by atoms with Crippen LogP contribution in [0.1, 0.15) is 54.9 Å². The molecule has 1 aliphatic heterocycles. The molecule has 0 N–H and O–H groups in total. The fraction of sp³-hybridized carbons (Fsp3) is 0.611. The third-order valence-corrected chi connectivity index (χ3v) is 5.68. The van der Waals surface area contributed by atoms with Crippen LogP contribution in [0.3, 0.4) is 0 Å². The highest BCUT2D eigenvalue weighted by Gasteiger charge is 2.24. The van der Waals surface area contributed by atoms with Crippen LogP contribution >= 0.6 is 15.9 Å². The van der Waals surface area contributed by atoms with Crippen molar-refractivity contribution in [1.29, 1.82) is 0 Å². The van der Waals surface area contributed by atoms with E-state index in [0.717, 1.165) is 28.8 Å². The first-order chi connectivity index (χ1) is 10.4. The molecule has 0 aliphatic carbocycles. The van der Waals surface area contributed by atoms with Crippen molar-refractivity contribution in [3.63, 3.8) is 0 Å². The average molecular weight is 385 g/mol. The zero-order valence-electron chi connectivity index (χ0n) is 14.1. The second-order valence-electron chi connectivity index (χ2n) is 6.65. The fourth-order valence-electron chi connectivity index (χ4n) is 2.98. The summed E-state index contributed by atoms with van der Waals surface area (Å²) in [6.07, 6.45) is 8.03. The number of halogens is 1. The molecule has 0 unspecified atom stereocenters. The highest BCUT2D eigenvalue weighted by Crippen LogP contribution is 2.34. The number of carbonyl (C=O) groups excluding carboxylic acids is 1. The van der Waals surface area contributed by atoms with Gasteiger partial charge in [0.25, 0.3) is 0 Å². The molecule has 1 heterocycles. The van der Waals surface area contributed by atoms with Crippen LogP contribution in [0.4, 0.5) is 5.69 Å². The summed E-state index contributed by atoms with van der Waals surface area (Å²) >= 11 is 3.67. The molecule has 1 saturated heterocycles. The van der Waals surface area contributed by atoms with Crippen molar-refractivity contribution in [3.05, 3.63) is 27.7 Å². The highest BCUT2D eigenvalue weighted by atomic mass is 79.9. The predicted molar refractivity (Wildman–Crippen MR) is 103 cm³/mol. The fourth-order valence-corrected chi connectivity index (χ4v) is 4.46. The van der Waals surface area contributed by atoms with Gasteiger partial charge in [-0.3, -0.25) is 4.79 Å². The molecule has 0 spiro atoms. The van der Waals surface area contributed by atoms with Crippen molar-refractivity contribution >= 4 is 38.3 Å². The van der Waals surface area contributed by atoms with Gasteiger partial charge in [0, 0.05) is 28.8 Å². The normalized spacial score (nSPS) is 15.7. The maximum Gasteiger partial charge on any atom is 0.213 e. The van der Waals surface area contributed by atoms with Gasteiger partial charge in [-0.15, -0.1) is 0 Å². The molecule has 4 heteroatoms. The van der Waals surface area contributed by atoms with Crippen LogP contribution in [0.2, 0.25) is 0 Å². The summed E-state index contributed by atoms with van der Waals surface area (Å²) in [6.45, 7) is 6.56. The Morgan fingerprint density at radius 2 is 1.86 bits per heavy atom. The zero-order valence-corrected chi connectivity index (χ0v) is 16.5. The lowest BCUT2D eigenvalue weighted by atomic mass is 9.97. The lowest BCUT2D eigenvalue weighted by molar-refractivity contribution is 0.102. The summed E-state index contributed by atoms with van der Waals surface area (Å²) in [5.41, 5.74) is 3.35. The van der Waals surface area contributed by atoms with Crippen LogP contribution in [0, 0.1) is 0 Å². The third-order valence-electron chi connectivity index (χ3n) is 4.15. The molecule has 1 aromatic rings. The summed E-state index contributed by atoms with van der Waals surface area (Å²) in [7, 11) is 0.137. The van der Waals surface area contributed by atoms with E-state index in [-0.39, 0.29) is 16.7 Å². The van der Waals surface area contributed by atoms with Gasteiger partial charge < -0.3 is 4.90 Å². The zero-order chi connectivity index (χ0) is 16.3. The van der Waals surface area contributed by atoms with Crippen molar-refractivity contribution in [2.75, 3.05) is 36.3 Å². The summed E-state index contributed by atoms with van der Waals surface area (Å²) < 4.78 is 1.07. The molecule has 122 valence electrons. The minimum atomic E-state index is 0.137. The standard InChI is InChI=1S/C18H27BrNOS/c1-13(2)14-11-17(20-8-6-5-7-9-20)15(10-16(14)19)18(21)12-22(3)4/h10-11,13H,5-9,12H2,1-4H3/q+1. The Bertz CT molecular complexity index is 536. The summed E-state index contributed by atoms with van der Waals surface area (Å²) in [5.74, 6) is 1.38. The number of carbonyl (C=O) groups is 1. The van der Waals surface area contributed by atoms with E-state index < -0.39 is 0 Å². The highest BCUT2D eigenvalue weighted by molar-refractivity contribution is 9.10.